The number of aromatic nitrogens is 5. The van der Waals surface area contributed by atoms with Gasteiger partial charge in [0, 0.05) is 51.1 Å². The minimum absolute atomic E-state index is 0.222. The van der Waals surface area contributed by atoms with E-state index in [9.17, 15) is 4.79 Å². The Balaban J connectivity index is 1.58. The molecule has 3 aromatic heterocycles. The Morgan fingerprint density at radius 2 is 1.84 bits per heavy atom. The van der Waals surface area contributed by atoms with Crippen LogP contribution in [0, 0.1) is 6.92 Å². The molecule has 25 heavy (non-hydrogen) atoms. The number of anilines is 2. The van der Waals surface area contributed by atoms with Crippen LogP contribution >= 0.6 is 11.6 Å². The Hall–Kier alpha value is -2.61. The number of nitrogens with zero attached hydrogens (tertiary/aromatic N) is 7. The summed E-state index contributed by atoms with van der Waals surface area (Å²) in [5.41, 5.74) is 2.23. The van der Waals surface area contributed by atoms with Gasteiger partial charge in [0.1, 0.15) is 10.8 Å². The first-order chi connectivity index (χ1) is 12.0. The van der Waals surface area contributed by atoms with Gasteiger partial charge in [-0.25, -0.2) is 9.67 Å². The van der Waals surface area contributed by atoms with Crippen LogP contribution in [-0.2, 0) is 7.05 Å². The third kappa shape index (κ3) is 2.72. The summed E-state index contributed by atoms with van der Waals surface area (Å²) < 4.78 is 3.10. The van der Waals surface area contributed by atoms with Crippen molar-refractivity contribution in [3.05, 3.63) is 45.6 Å². The fourth-order valence-corrected chi connectivity index (χ4v) is 3.43. The normalized spacial score (nSPS) is 15.2. The van der Waals surface area contributed by atoms with Crippen LogP contribution in [0.5, 0.6) is 0 Å². The molecule has 1 aliphatic heterocycles. The summed E-state index contributed by atoms with van der Waals surface area (Å²) >= 11 is 6.22. The second kappa shape index (κ2) is 6.03. The van der Waals surface area contributed by atoms with Gasteiger partial charge in [-0.05, 0) is 6.92 Å². The summed E-state index contributed by atoms with van der Waals surface area (Å²) in [5.74, 6) is 1.03. The highest BCUT2D eigenvalue weighted by molar-refractivity contribution is 6.33. The van der Waals surface area contributed by atoms with E-state index in [0.717, 1.165) is 43.3 Å². The maximum Gasteiger partial charge on any atom is 0.287 e. The zero-order chi connectivity index (χ0) is 17.6. The van der Waals surface area contributed by atoms with Gasteiger partial charge < -0.3 is 9.80 Å². The van der Waals surface area contributed by atoms with E-state index in [4.69, 9.17) is 11.6 Å². The van der Waals surface area contributed by atoms with Crippen molar-refractivity contribution in [2.45, 2.75) is 6.92 Å². The SMILES string of the molecule is Cc1cc(N2CCN(c3cnn(C)c(=O)c3Cl)CC2)n2nccc2n1. The van der Waals surface area contributed by atoms with Crippen molar-refractivity contribution in [2.75, 3.05) is 36.0 Å². The van der Waals surface area contributed by atoms with Gasteiger partial charge >= 0.3 is 0 Å². The average Bonchev–Trinajstić information content (AvgIpc) is 3.08. The third-order valence-corrected chi connectivity index (χ3v) is 4.83. The molecular weight excluding hydrogens is 342 g/mol. The van der Waals surface area contributed by atoms with E-state index in [-0.39, 0.29) is 10.6 Å². The number of aryl methyl sites for hydroxylation is 2. The van der Waals surface area contributed by atoms with Crippen LogP contribution in [-0.4, -0.2) is 50.6 Å². The summed E-state index contributed by atoms with van der Waals surface area (Å²) in [6, 6.07) is 3.94. The van der Waals surface area contributed by atoms with E-state index in [1.54, 1.807) is 19.4 Å². The van der Waals surface area contributed by atoms with Crippen LogP contribution in [0.1, 0.15) is 5.69 Å². The van der Waals surface area contributed by atoms with Gasteiger partial charge in [0.25, 0.3) is 5.56 Å². The molecule has 0 saturated carbocycles. The van der Waals surface area contributed by atoms with Gasteiger partial charge in [-0.3, -0.25) is 4.79 Å². The standard InChI is InChI=1S/C16H18ClN7O/c1-11-9-14(24-13(20-11)3-4-18-24)23-7-5-22(6-8-23)12-10-19-21(2)16(25)15(12)17/h3-4,9-10H,5-8H2,1-2H3. The highest BCUT2D eigenvalue weighted by Crippen LogP contribution is 2.24. The summed E-state index contributed by atoms with van der Waals surface area (Å²) in [4.78, 5) is 20.8. The minimum atomic E-state index is -0.274. The Labute approximate surface area is 149 Å². The van der Waals surface area contributed by atoms with Crippen LogP contribution in [0.15, 0.2) is 29.3 Å². The molecule has 130 valence electrons. The first-order valence-electron chi connectivity index (χ1n) is 8.07. The fourth-order valence-electron chi connectivity index (χ4n) is 3.14. The second-order valence-corrected chi connectivity index (χ2v) is 6.48. The van der Waals surface area contributed by atoms with Crippen LogP contribution < -0.4 is 15.4 Å². The van der Waals surface area contributed by atoms with E-state index in [1.807, 2.05) is 23.6 Å². The summed E-state index contributed by atoms with van der Waals surface area (Å²) in [6.45, 7) is 5.07. The highest BCUT2D eigenvalue weighted by Gasteiger charge is 2.22. The molecule has 4 heterocycles. The topological polar surface area (TPSA) is 71.6 Å². The molecule has 8 nitrogen and oxygen atoms in total. The number of halogens is 1. The molecule has 1 fully saturated rings. The highest BCUT2D eigenvalue weighted by atomic mass is 35.5. The largest absolute Gasteiger partial charge is 0.365 e. The third-order valence-electron chi connectivity index (χ3n) is 4.47. The minimum Gasteiger partial charge on any atom is -0.365 e. The lowest BCUT2D eigenvalue weighted by molar-refractivity contribution is 0.631. The first kappa shape index (κ1) is 15.9. The van der Waals surface area contributed by atoms with Crippen LogP contribution in [0.3, 0.4) is 0 Å². The number of hydrogen-bond donors (Lipinski definition) is 0. The molecule has 0 bridgehead atoms. The van der Waals surface area contributed by atoms with Crippen LogP contribution in [0.2, 0.25) is 5.02 Å². The lowest BCUT2D eigenvalue weighted by Gasteiger charge is -2.37. The molecule has 4 rings (SSSR count). The van der Waals surface area contributed by atoms with Gasteiger partial charge in [0.2, 0.25) is 0 Å². The Morgan fingerprint density at radius 1 is 1.12 bits per heavy atom. The van der Waals surface area contributed by atoms with Gasteiger partial charge in [-0.1, -0.05) is 11.6 Å². The number of fused-ring (bicyclic) bond motifs is 1. The van der Waals surface area contributed by atoms with Crippen molar-refractivity contribution in [3.63, 3.8) is 0 Å². The maximum absolute atomic E-state index is 12.0. The Morgan fingerprint density at radius 3 is 2.60 bits per heavy atom. The number of piperazine rings is 1. The molecule has 9 heteroatoms. The molecule has 1 saturated heterocycles. The lowest BCUT2D eigenvalue weighted by Crippen LogP contribution is -2.47. The Kier molecular flexibility index (Phi) is 3.84. The molecule has 0 N–H and O–H groups in total. The Bertz CT molecular complexity index is 988. The summed E-state index contributed by atoms with van der Waals surface area (Å²) in [5, 5.41) is 8.67. The zero-order valence-corrected chi connectivity index (χ0v) is 14.8. The number of hydrogen-bond acceptors (Lipinski definition) is 6. The monoisotopic (exact) mass is 359 g/mol. The maximum atomic E-state index is 12.0. The fraction of sp³-hybridized carbons (Fsp3) is 0.375. The average molecular weight is 360 g/mol. The van der Waals surface area contributed by atoms with E-state index in [2.05, 4.69) is 25.0 Å². The predicted molar refractivity (Wildman–Crippen MR) is 96.6 cm³/mol. The molecule has 0 atom stereocenters. The zero-order valence-electron chi connectivity index (χ0n) is 14.1. The quantitative estimate of drug-likeness (QED) is 0.682. The molecule has 0 unspecified atom stereocenters. The van der Waals surface area contributed by atoms with Gasteiger partial charge in [0.05, 0.1) is 18.1 Å². The molecule has 3 aromatic rings. The van der Waals surface area contributed by atoms with E-state index in [1.165, 1.54) is 4.68 Å². The van der Waals surface area contributed by atoms with E-state index < -0.39 is 0 Å². The number of rotatable bonds is 2. The van der Waals surface area contributed by atoms with Crippen molar-refractivity contribution in [1.29, 1.82) is 0 Å². The smallest absolute Gasteiger partial charge is 0.287 e. The molecular formula is C16H18ClN7O. The molecule has 1 aliphatic rings. The van der Waals surface area contributed by atoms with Crippen LogP contribution in [0.25, 0.3) is 5.65 Å². The van der Waals surface area contributed by atoms with Gasteiger partial charge in [0.15, 0.2) is 5.65 Å². The molecule has 0 radical (unpaired) electrons. The summed E-state index contributed by atoms with van der Waals surface area (Å²) in [6.07, 6.45) is 3.41. The van der Waals surface area contributed by atoms with Crippen LogP contribution in [0.4, 0.5) is 11.5 Å². The van der Waals surface area contributed by atoms with Crippen molar-refractivity contribution < 1.29 is 0 Å². The molecule has 0 amide bonds. The molecule has 0 spiro atoms. The lowest BCUT2D eigenvalue weighted by atomic mass is 10.2. The van der Waals surface area contributed by atoms with Crippen molar-refractivity contribution >= 4 is 28.8 Å². The van der Waals surface area contributed by atoms with Gasteiger partial charge in [-0.15, -0.1) is 0 Å². The predicted octanol–water partition coefficient (Wildman–Crippen LogP) is 1.11. The second-order valence-electron chi connectivity index (χ2n) is 6.10. The first-order valence-corrected chi connectivity index (χ1v) is 8.45. The molecule has 0 aliphatic carbocycles. The van der Waals surface area contributed by atoms with Crippen molar-refractivity contribution in [1.82, 2.24) is 24.4 Å². The van der Waals surface area contributed by atoms with E-state index >= 15 is 0 Å². The van der Waals surface area contributed by atoms with E-state index in [0.29, 0.717) is 5.69 Å². The van der Waals surface area contributed by atoms with Gasteiger partial charge in [-0.2, -0.15) is 14.7 Å². The summed E-state index contributed by atoms with van der Waals surface area (Å²) in [7, 11) is 1.59. The van der Waals surface area contributed by atoms with Crippen molar-refractivity contribution in [2.24, 2.45) is 7.05 Å². The molecule has 0 aromatic carbocycles. The van der Waals surface area contributed by atoms with Crippen molar-refractivity contribution in [3.8, 4) is 0 Å².